The minimum Gasteiger partial charge on any atom is -0.491 e. The van der Waals surface area contributed by atoms with Gasteiger partial charge < -0.3 is 10.1 Å². The van der Waals surface area contributed by atoms with E-state index >= 15 is 0 Å². The van der Waals surface area contributed by atoms with Crippen LogP contribution in [0.3, 0.4) is 0 Å². The first-order valence-electron chi connectivity index (χ1n) is 7.82. The van der Waals surface area contributed by atoms with Crippen molar-refractivity contribution in [2.75, 3.05) is 12.3 Å². The summed E-state index contributed by atoms with van der Waals surface area (Å²) in [6, 6.07) is 9.15. The third-order valence-corrected chi connectivity index (χ3v) is 5.02. The molecule has 2 atom stereocenters. The highest BCUT2D eigenvalue weighted by atomic mass is 32.2. The van der Waals surface area contributed by atoms with Gasteiger partial charge in [0.25, 0.3) is 0 Å². The molecule has 2 nitrogen and oxygen atoms in total. The molecular weight excluding hydrogens is 266 g/mol. The summed E-state index contributed by atoms with van der Waals surface area (Å²) in [5.41, 5.74) is 1.40. The van der Waals surface area contributed by atoms with E-state index in [0.29, 0.717) is 6.04 Å². The molecule has 0 aliphatic carbocycles. The summed E-state index contributed by atoms with van der Waals surface area (Å²) >= 11 is 2.12. The normalized spacial score (nSPS) is 20.3. The summed E-state index contributed by atoms with van der Waals surface area (Å²) in [6.45, 7) is 7.45. The molecule has 20 heavy (non-hydrogen) atoms. The monoisotopic (exact) mass is 293 g/mol. The summed E-state index contributed by atoms with van der Waals surface area (Å²) in [6.07, 6.45) is 4.10. The molecule has 1 aromatic rings. The zero-order valence-corrected chi connectivity index (χ0v) is 13.7. The molecule has 3 heteroatoms. The van der Waals surface area contributed by atoms with E-state index < -0.39 is 0 Å². The first-order valence-corrected chi connectivity index (χ1v) is 8.87. The molecule has 1 heterocycles. The van der Waals surface area contributed by atoms with Crippen LogP contribution in [0.15, 0.2) is 24.3 Å². The van der Waals surface area contributed by atoms with E-state index in [0.717, 1.165) is 17.5 Å². The number of benzene rings is 1. The van der Waals surface area contributed by atoms with Crippen molar-refractivity contribution >= 4 is 11.8 Å². The van der Waals surface area contributed by atoms with Crippen molar-refractivity contribution in [1.29, 1.82) is 0 Å². The largest absolute Gasteiger partial charge is 0.491 e. The van der Waals surface area contributed by atoms with Crippen LogP contribution in [0.2, 0.25) is 0 Å². The van der Waals surface area contributed by atoms with E-state index in [2.05, 4.69) is 62.1 Å². The Labute approximate surface area is 127 Å². The Morgan fingerprint density at radius 2 is 2.05 bits per heavy atom. The minimum atomic E-state index is 0.236. The van der Waals surface area contributed by atoms with Crippen molar-refractivity contribution in [2.45, 2.75) is 57.4 Å². The number of rotatable bonds is 7. The first kappa shape index (κ1) is 15.7. The van der Waals surface area contributed by atoms with Gasteiger partial charge in [0.05, 0.1) is 6.10 Å². The zero-order chi connectivity index (χ0) is 14.4. The van der Waals surface area contributed by atoms with E-state index in [1.807, 2.05) is 0 Å². The third kappa shape index (κ3) is 4.42. The molecule has 0 saturated carbocycles. The topological polar surface area (TPSA) is 21.3 Å². The second-order valence-corrected chi connectivity index (χ2v) is 7.07. The van der Waals surface area contributed by atoms with E-state index in [-0.39, 0.29) is 6.10 Å². The fourth-order valence-electron chi connectivity index (χ4n) is 2.66. The Bertz CT molecular complexity index is 384. The van der Waals surface area contributed by atoms with Crippen molar-refractivity contribution in [2.24, 2.45) is 0 Å². The predicted molar refractivity (Wildman–Crippen MR) is 88.7 cm³/mol. The molecular formula is C17H27NOS. The molecule has 1 N–H and O–H groups in total. The van der Waals surface area contributed by atoms with Crippen LogP contribution in [0, 0.1) is 0 Å². The second-order valence-electron chi connectivity index (χ2n) is 5.72. The van der Waals surface area contributed by atoms with Crippen molar-refractivity contribution in [3.05, 3.63) is 29.8 Å². The highest BCUT2D eigenvalue weighted by Crippen LogP contribution is 2.36. The Balaban J connectivity index is 2.06. The molecule has 0 radical (unpaired) electrons. The van der Waals surface area contributed by atoms with Gasteiger partial charge in [0.2, 0.25) is 0 Å². The van der Waals surface area contributed by atoms with Gasteiger partial charge in [0.1, 0.15) is 5.75 Å². The van der Waals surface area contributed by atoms with Gasteiger partial charge in [-0.1, -0.05) is 19.1 Å². The Morgan fingerprint density at radius 1 is 1.30 bits per heavy atom. The Kier molecular flexibility index (Phi) is 6.24. The minimum absolute atomic E-state index is 0.236. The lowest BCUT2D eigenvalue weighted by molar-refractivity contribution is 0.242. The molecule has 112 valence electrons. The molecule has 0 aromatic heterocycles. The van der Waals surface area contributed by atoms with Gasteiger partial charge >= 0.3 is 0 Å². The molecule has 1 saturated heterocycles. The number of hydrogen-bond donors (Lipinski definition) is 1. The van der Waals surface area contributed by atoms with Crippen molar-refractivity contribution in [1.82, 2.24) is 5.32 Å². The second kappa shape index (κ2) is 7.94. The molecule has 1 aliphatic rings. The van der Waals surface area contributed by atoms with Crippen LogP contribution in [0.4, 0.5) is 0 Å². The molecule has 0 spiro atoms. The average molecular weight is 293 g/mol. The fourth-order valence-corrected chi connectivity index (χ4v) is 4.07. The van der Waals surface area contributed by atoms with Crippen LogP contribution in [0.5, 0.6) is 5.75 Å². The van der Waals surface area contributed by atoms with Gasteiger partial charge in [-0.25, -0.2) is 0 Å². The average Bonchev–Trinajstić information content (AvgIpc) is 2.94. The lowest BCUT2D eigenvalue weighted by atomic mass is 10.0. The highest BCUT2D eigenvalue weighted by molar-refractivity contribution is 8.00. The summed E-state index contributed by atoms with van der Waals surface area (Å²) < 4.78 is 5.73. The van der Waals surface area contributed by atoms with Crippen LogP contribution >= 0.6 is 11.8 Å². The summed E-state index contributed by atoms with van der Waals surface area (Å²) in [5, 5.41) is 4.45. The molecule has 2 rings (SSSR count). The maximum atomic E-state index is 5.73. The number of thioether (sulfide) groups is 1. The van der Waals surface area contributed by atoms with Crippen LogP contribution < -0.4 is 10.1 Å². The van der Waals surface area contributed by atoms with Gasteiger partial charge in [0, 0.05) is 11.3 Å². The molecule has 1 aliphatic heterocycles. The maximum absolute atomic E-state index is 5.73. The molecule has 1 fully saturated rings. The maximum Gasteiger partial charge on any atom is 0.119 e. The molecule has 2 unspecified atom stereocenters. The number of hydrogen-bond acceptors (Lipinski definition) is 3. The fraction of sp³-hybridized carbons (Fsp3) is 0.647. The van der Waals surface area contributed by atoms with E-state index in [1.165, 1.54) is 30.6 Å². The lowest BCUT2D eigenvalue weighted by Crippen LogP contribution is -2.29. The summed E-state index contributed by atoms with van der Waals surface area (Å²) in [4.78, 5) is 0. The third-order valence-electron chi connectivity index (χ3n) is 3.56. The van der Waals surface area contributed by atoms with Gasteiger partial charge in [0.15, 0.2) is 0 Å². The van der Waals surface area contributed by atoms with Gasteiger partial charge in [-0.3, -0.25) is 0 Å². The number of nitrogens with one attached hydrogen (secondary N) is 1. The zero-order valence-electron chi connectivity index (χ0n) is 12.9. The van der Waals surface area contributed by atoms with Gasteiger partial charge in [-0.05, 0) is 63.1 Å². The van der Waals surface area contributed by atoms with Crippen LogP contribution in [-0.4, -0.2) is 23.7 Å². The van der Waals surface area contributed by atoms with Crippen molar-refractivity contribution < 1.29 is 4.74 Å². The summed E-state index contributed by atoms with van der Waals surface area (Å²) in [7, 11) is 0. The lowest BCUT2D eigenvalue weighted by Gasteiger charge is -2.25. The smallest absolute Gasteiger partial charge is 0.119 e. The predicted octanol–water partition coefficient (Wildman–Crippen LogP) is 4.41. The highest BCUT2D eigenvalue weighted by Gasteiger charge is 2.26. The summed E-state index contributed by atoms with van der Waals surface area (Å²) in [5.74, 6) is 2.28. The Morgan fingerprint density at radius 3 is 2.60 bits per heavy atom. The van der Waals surface area contributed by atoms with Crippen molar-refractivity contribution in [3.63, 3.8) is 0 Å². The van der Waals surface area contributed by atoms with Crippen LogP contribution in [0.25, 0.3) is 0 Å². The molecule has 0 amide bonds. The molecule has 1 aromatic carbocycles. The van der Waals surface area contributed by atoms with Gasteiger partial charge in [-0.2, -0.15) is 11.8 Å². The number of ether oxygens (including phenoxy) is 1. The SMILES string of the molecule is CCCNC(c1ccc(OC(C)C)cc1)C1CCCS1. The standard InChI is InChI=1S/C17H27NOS/c1-4-11-18-17(16-6-5-12-20-16)14-7-9-15(10-8-14)19-13(2)3/h7-10,13,16-18H,4-6,11-12H2,1-3H3. The van der Waals surface area contributed by atoms with E-state index in [1.54, 1.807) is 0 Å². The van der Waals surface area contributed by atoms with Crippen LogP contribution in [-0.2, 0) is 0 Å². The quantitative estimate of drug-likeness (QED) is 0.804. The van der Waals surface area contributed by atoms with E-state index in [9.17, 15) is 0 Å². The molecule has 0 bridgehead atoms. The van der Waals surface area contributed by atoms with Crippen LogP contribution in [0.1, 0.15) is 51.6 Å². The van der Waals surface area contributed by atoms with Gasteiger partial charge in [-0.15, -0.1) is 0 Å². The van der Waals surface area contributed by atoms with E-state index in [4.69, 9.17) is 4.74 Å². The Hall–Kier alpha value is -0.670. The van der Waals surface area contributed by atoms with Crippen molar-refractivity contribution in [3.8, 4) is 5.75 Å². The first-order chi connectivity index (χ1) is 9.70.